The highest BCUT2D eigenvalue weighted by atomic mass is 32.2. The van der Waals surface area contributed by atoms with Crippen LogP contribution in [0.1, 0.15) is 29.6 Å². The van der Waals surface area contributed by atoms with Gasteiger partial charge in [0.1, 0.15) is 10.6 Å². The molecule has 1 heterocycles. The molecule has 1 amide bonds. The average molecular weight is 356 g/mol. The molecule has 1 saturated heterocycles. The van der Waals surface area contributed by atoms with Crippen molar-refractivity contribution in [3.8, 4) is 5.75 Å². The van der Waals surface area contributed by atoms with Gasteiger partial charge in [0.2, 0.25) is 10.0 Å². The van der Waals surface area contributed by atoms with Crippen LogP contribution < -0.4 is 10.1 Å². The molecule has 0 spiro atoms. The number of ether oxygens (including phenoxy) is 2. The van der Waals surface area contributed by atoms with Crippen LogP contribution in [0.15, 0.2) is 23.1 Å². The predicted molar refractivity (Wildman–Crippen MR) is 89.8 cm³/mol. The molecule has 1 aliphatic rings. The lowest BCUT2D eigenvalue weighted by atomic mass is 10.2. The van der Waals surface area contributed by atoms with Crippen LogP contribution in [0.5, 0.6) is 5.75 Å². The van der Waals surface area contributed by atoms with Gasteiger partial charge in [-0.2, -0.15) is 4.31 Å². The van der Waals surface area contributed by atoms with Gasteiger partial charge in [-0.05, 0) is 31.0 Å². The van der Waals surface area contributed by atoms with Gasteiger partial charge in [0.25, 0.3) is 5.91 Å². The minimum absolute atomic E-state index is 0.0336. The van der Waals surface area contributed by atoms with Crippen molar-refractivity contribution < 1.29 is 22.7 Å². The highest BCUT2D eigenvalue weighted by Crippen LogP contribution is 2.29. The normalized spacial score (nSPS) is 15.9. The SMILES string of the molecule is COCCNC(=O)c1ccc(OC)c(S(=O)(=O)N2CCCCC2)c1. The summed E-state index contributed by atoms with van der Waals surface area (Å²) in [6.07, 6.45) is 2.72. The number of hydrogen-bond acceptors (Lipinski definition) is 5. The van der Waals surface area contributed by atoms with Crippen molar-refractivity contribution in [2.75, 3.05) is 40.5 Å². The van der Waals surface area contributed by atoms with Crippen LogP contribution in [0, 0.1) is 0 Å². The van der Waals surface area contributed by atoms with Gasteiger partial charge >= 0.3 is 0 Å². The van der Waals surface area contributed by atoms with E-state index in [1.165, 1.54) is 23.5 Å². The van der Waals surface area contributed by atoms with E-state index in [4.69, 9.17) is 9.47 Å². The first-order chi connectivity index (χ1) is 11.5. The molecule has 0 aromatic heterocycles. The van der Waals surface area contributed by atoms with E-state index >= 15 is 0 Å². The number of piperidine rings is 1. The molecule has 8 heteroatoms. The van der Waals surface area contributed by atoms with Gasteiger partial charge in [-0.15, -0.1) is 0 Å². The lowest BCUT2D eigenvalue weighted by Gasteiger charge is -2.26. The van der Waals surface area contributed by atoms with Crippen molar-refractivity contribution >= 4 is 15.9 Å². The van der Waals surface area contributed by atoms with E-state index in [2.05, 4.69) is 5.32 Å². The Balaban J connectivity index is 2.30. The second-order valence-electron chi connectivity index (χ2n) is 5.58. The third-order valence-electron chi connectivity index (χ3n) is 3.95. The second kappa shape index (κ2) is 8.46. The zero-order chi connectivity index (χ0) is 17.6. The summed E-state index contributed by atoms with van der Waals surface area (Å²) >= 11 is 0. The van der Waals surface area contributed by atoms with E-state index < -0.39 is 10.0 Å². The summed E-state index contributed by atoms with van der Waals surface area (Å²) < 4.78 is 37.3. The van der Waals surface area contributed by atoms with Crippen molar-refractivity contribution in [1.82, 2.24) is 9.62 Å². The fourth-order valence-corrected chi connectivity index (χ4v) is 4.33. The number of benzene rings is 1. The van der Waals surface area contributed by atoms with Crippen molar-refractivity contribution in [1.29, 1.82) is 0 Å². The first kappa shape index (κ1) is 18.7. The van der Waals surface area contributed by atoms with Crippen molar-refractivity contribution in [3.05, 3.63) is 23.8 Å². The van der Waals surface area contributed by atoms with Gasteiger partial charge in [-0.1, -0.05) is 6.42 Å². The molecule has 0 saturated carbocycles. The van der Waals surface area contributed by atoms with Gasteiger partial charge < -0.3 is 14.8 Å². The summed E-state index contributed by atoms with van der Waals surface area (Å²) in [6, 6.07) is 4.45. The smallest absolute Gasteiger partial charge is 0.251 e. The fraction of sp³-hybridized carbons (Fsp3) is 0.562. The summed E-state index contributed by atoms with van der Waals surface area (Å²) in [5, 5.41) is 2.68. The monoisotopic (exact) mass is 356 g/mol. The van der Waals surface area contributed by atoms with Gasteiger partial charge in [0, 0.05) is 32.3 Å². The fourth-order valence-electron chi connectivity index (χ4n) is 2.63. The largest absolute Gasteiger partial charge is 0.495 e. The molecule has 1 aromatic rings. The molecule has 1 fully saturated rings. The van der Waals surface area contributed by atoms with Gasteiger partial charge in [0.15, 0.2) is 0 Å². The van der Waals surface area contributed by atoms with Crippen LogP contribution in [0.3, 0.4) is 0 Å². The van der Waals surface area contributed by atoms with E-state index in [0.717, 1.165) is 19.3 Å². The molecule has 7 nitrogen and oxygen atoms in total. The van der Waals surface area contributed by atoms with Crippen LogP contribution in [-0.4, -0.2) is 59.1 Å². The Hall–Kier alpha value is -1.64. The van der Waals surface area contributed by atoms with Crippen LogP contribution >= 0.6 is 0 Å². The molecule has 0 radical (unpaired) electrons. The molecule has 0 atom stereocenters. The maximum absolute atomic E-state index is 12.9. The molecule has 1 aromatic carbocycles. The first-order valence-electron chi connectivity index (χ1n) is 7.96. The van der Waals surface area contributed by atoms with Crippen LogP contribution in [-0.2, 0) is 14.8 Å². The number of rotatable bonds is 7. The molecular weight excluding hydrogens is 332 g/mol. The number of carbonyl (C=O) groups excluding carboxylic acids is 1. The summed E-state index contributed by atoms with van der Waals surface area (Å²) in [6.45, 7) is 1.74. The van der Waals surface area contributed by atoms with Crippen molar-refractivity contribution in [2.24, 2.45) is 0 Å². The number of methoxy groups -OCH3 is 2. The molecule has 2 rings (SSSR count). The maximum Gasteiger partial charge on any atom is 0.251 e. The Kier molecular flexibility index (Phi) is 6.59. The minimum atomic E-state index is -3.68. The summed E-state index contributed by atoms with van der Waals surface area (Å²) in [7, 11) is -0.718. The van der Waals surface area contributed by atoms with E-state index in [-0.39, 0.29) is 22.1 Å². The van der Waals surface area contributed by atoms with Crippen LogP contribution in [0.2, 0.25) is 0 Å². The number of carbonyl (C=O) groups is 1. The van der Waals surface area contributed by atoms with Gasteiger partial charge in [0.05, 0.1) is 13.7 Å². The standard InChI is InChI=1S/C16H24N2O5S/c1-22-11-8-17-16(19)13-6-7-14(23-2)15(12-13)24(20,21)18-9-4-3-5-10-18/h6-7,12H,3-5,8-11H2,1-2H3,(H,17,19). The maximum atomic E-state index is 12.9. The highest BCUT2D eigenvalue weighted by molar-refractivity contribution is 7.89. The van der Waals surface area contributed by atoms with E-state index in [1.54, 1.807) is 13.2 Å². The second-order valence-corrected chi connectivity index (χ2v) is 7.49. The zero-order valence-corrected chi connectivity index (χ0v) is 14.9. The van der Waals surface area contributed by atoms with Crippen LogP contribution in [0.4, 0.5) is 0 Å². The molecule has 0 aliphatic carbocycles. The molecule has 134 valence electrons. The number of nitrogens with one attached hydrogen (secondary N) is 1. The first-order valence-corrected chi connectivity index (χ1v) is 9.40. The zero-order valence-electron chi connectivity index (χ0n) is 14.1. The quantitative estimate of drug-likeness (QED) is 0.743. The molecule has 1 aliphatic heterocycles. The van der Waals surface area contributed by atoms with Gasteiger partial charge in [-0.3, -0.25) is 4.79 Å². The van der Waals surface area contributed by atoms with Gasteiger partial charge in [-0.25, -0.2) is 8.42 Å². The Morgan fingerprint density at radius 2 is 1.92 bits per heavy atom. The number of sulfonamides is 1. The third kappa shape index (κ3) is 4.25. The molecule has 24 heavy (non-hydrogen) atoms. The molecular formula is C16H24N2O5S. The summed E-state index contributed by atoms with van der Waals surface area (Å²) in [5.74, 6) is -0.0983. The summed E-state index contributed by atoms with van der Waals surface area (Å²) in [4.78, 5) is 12.2. The highest BCUT2D eigenvalue weighted by Gasteiger charge is 2.29. The number of amides is 1. The summed E-state index contributed by atoms with van der Waals surface area (Å²) in [5.41, 5.74) is 0.280. The molecule has 0 bridgehead atoms. The Morgan fingerprint density at radius 1 is 1.21 bits per heavy atom. The lowest BCUT2D eigenvalue weighted by molar-refractivity contribution is 0.0937. The lowest BCUT2D eigenvalue weighted by Crippen LogP contribution is -2.36. The van der Waals surface area contributed by atoms with Crippen molar-refractivity contribution in [3.63, 3.8) is 0 Å². The third-order valence-corrected chi connectivity index (χ3v) is 5.87. The number of nitrogens with zero attached hydrogens (tertiary/aromatic N) is 1. The van der Waals surface area contributed by atoms with Crippen molar-refractivity contribution in [2.45, 2.75) is 24.2 Å². The topological polar surface area (TPSA) is 84.9 Å². The Labute approximate surface area is 143 Å². The van der Waals surface area contributed by atoms with E-state index in [9.17, 15) is 13.2 Å². The molecule has 1 N–H and O–H groups in total. The average Bonchev–Trinajstić information content (AvgIpc) is 2.62. The molecule has 0 unspecified atom stereocenters. The minimum Gasteiger partial charge on any atom is -0.495 e. The Morgan fingerprint density at radius 3 is 2.54 bits per heavy atom. The van der Waals surface area contributed by atoms with Crippen LogP contribution in [0.25, 0.3) is 0 Å². The predicted octanol–water partition coefficient (Wildman–Crippen LogP) is 1.25. The van der Waals surface area contributed by atoms with E-state index in [1.807, 2.05) is 0 Å². The Bertz CT molecular complexity index is 669. The number of hydrogen-bond donors (Lipinski definition) is 1. The van der Waals surface area contributed by atoms with E-state index in [0.29, 0.717) is 26.2 Å².